The fourth-order valence-electron chi connectivity index (χ4n) is 3.51. The van der Waals surface area contributed by atoms with E-state index in [4.69, 9.17) is 4.74 Å². The summed E-state index contributed by atoms with van der Waals surface area (Å²) in [6.07, 6.45) is 0. The number of hydrogen-bond acceptors (Lipinski definition) is 4. The largest absolute Gasteiger partial charge is 0.360 e. The summed E-state index contributed by atoms with van der Waals surface area (Å²) in [6, 6.07) is 11.8. The van der Waals surface area contributed by atoms with Crippen molar-refractivity contribution in [2.75, 3.05) is 6.61 Å². The minimum absolute atomic E-state index is 0.125. The number of nitriles is 1. The molecule has 0 saturated carbocycles. The minimum Gasteiger partial charge on any atom is -0.360 e. The van der Waals surface area contributed by atoms with Crippen LogP contribution in [0.15, 0.2) is 41.0 Å². The normalized spacial score (nSPS) is 11.9. The molecule has 2 aromatic heterocycles. The van der Waals surface area contributed by atoms with E-state index in [1.165, 1.54) is 18.2 Å². The molecular formula is C23H21BrF2N4OSi. The maximum absolute atomic E-state index is 14.7. The van der Waals surface area contributed by atoms with Gasteiger partial charge in [0.2, 0.25) is 0 Å². The predicted octanol–water partition coefficient (Wildman–Crippen LogP) is 6.48. The van der Waals surface area contributed by atoms with Crippen LogP contribution in [0.4, 0.5) is 8.78 Å². The van der Waals surface area contributed by atoms with E-state index in [0.29, 0.717) is 38.6 Å². The number of hydrogen-bond donors (Lipinski definition) is 0. The lowest BCUT2D eigenvalue weighted by atomic mass is 10.00. The number of nitrogens with zero attached hydrogens (tertiary/aromatic N) is 4. The van der Waals surface area contributed by atoms with Crippen molar-refractivity contribution in [3.63, 3.8) is 0 Å². The van der Waals surface area contributed by atoms with Crippen LogP contribution in [0.25, 0.3) is 33.1 Å². The Balaban J connectivity index is 1.92. The molecule has 0 bridgehead atoms. The molecule has 0 atom stereocenters. The maximum atomic E-state index is 14.7. The van der Waals surface area contributed by atoms with Crippen molar-refractivity contribution in [3.05, 3.63) is 58.2 Å². The second-order valence-electron chi connectivity index (χ2n) is 8.76. The zero-order valence-corrected chi connectivity index (χ0v) is 20.5. The van der Waals surface area contributed by atoms with Crippen LogP contribution in [0.1, 0.15) is 5.56 Å². The van der Waals surface area contributed by atoms with Crippen LogP contribution in [-0.2, 0) is 11.5 Å². The third kappa shape index (κ3) is 4.31. The smallest absolute Gasteiger partial charge is 0.154 e. The molecule has 0 aliphatic carbocycles. The van der Waals surface area contributed by atoms with Crippen LogP contribution in [0.2, 0.25) is 25.7 Å². The summed E-state index contributed by atoms with van der Waals surface area (Å²) in [5, 5.41) is 15.0. The quantitative estimate of drug-likeness (QED) is 0.218. The van der Waals surface area contributed by atoms with Crippen molar-refractivity contribution in [2.45, 2.75) is 32.4 Å². The lowest BCUT2D eigenvalue weighted by Crippen LogP contribution is -2.22. The van der Waals surface area contributed by atoms with Gasteiger partial charge in [0, 0.05) is 25.5 Å². The molecule has 0 aliphatic heterocycles. The summed E-state index contributed by atoms with van der Waals surface area (Å²) < 4.78 is 37.3. The Morgan fingerprint density at radius 2 is 1.84 bits per heavy atom. The Hall–Kier alpha value is -2.67. The number of pyridine rings is 1. The number of ether oxygens (including phenoxy) is 1. The van der Waals surface area contributed by atoms with Crippen molar-refractivity contribution in [1.29, 1.82) is 5.26 Å². The Bertz CT molecular complexity index is 1350. The summed E-state index contributed by atoms with van der Waals surface area (Å²) in [4.78, 5) is 4.59. The maximum Gasteiger partial charge on any atom is 0.154 e. The molecule has 9 heteroatoms. The molecule has 4 rings (SSSR count). The summed E-state index contributed by atoms with van der Waals surface area (Å²) in [7, 11) is -1.23. The summed E-state index contributed by atoms with van der Waals surface area (Å²) >= 11 is 3.43. The highest BCUT2D eigenvalue weighted by Gasteiger charge is 2.22. The first-order valence-corrected chi connectivity index (χ1v) is 14.6. The van der Waals surface area contributed by atoms with Crippen LogP contribution in [0.3, 0.4) is 0 Å². The van der Waals surface area contributed by atoms with Crippen molar-refractivity contribution in [2.24, 2.45) is 0 Å². The van der Waals surface area contributed by atoms with Crippen LogP contribution in [0.5, 0.6) is 0 Å². The van der Waals surface area contributed by atoms with E-state index in [1.54, 1.807) is 22.9 Å². The van der Waals surface area contributed by atoms with Gasteiger partial charge in [0.1, 0.15) is 23.9 Å². The zero-order chi connectivity index (χ0) is 23.0. The highest BCUT2D eigenvalue weighted by Crippen LogP contribution is 2.37. The number of aromatic nitrogens is 3. The van der Waals surface area contributed by atoms with Crippen LogP contribution < -0.4 is 0 Å². The Morgan fingerprint density at radius 3 is 2.50 bits per heavy atom. The number of fused-ring (bicyclic) bond motifs is 3. The molecule has 0 spiro atoms. The average molecular weight is 515 g/mol. The second-order valence-corrected chi connectivity index (χ2v) is 15.1. The van der Waals surface area contributed by atoms with Gasteiger partial charge in [-0.3, -0.25) is 0 Å². The summed E-state index contributed by atoms with van der Waals surface area (Å²) in [5.41, 5.74) is 1.40. The van der Waals surface area contributed by atoms with Gasteiger partial charge < -0.3 is 4.74 Å². The standard InChI is InChI=1S/C23H21BrF2N4OSi/c1-32(2,3)10-9-31-13-30-22-15-8-7-14(12-27)11-16(15)20(28-21(22)23(24)29-30)19-17(25)5-4-6-18(19)26/h4-8,11H,9-10,13H2,1-3H3. The van der Waals surface area contributed by atoms with Crippen molar-refractivity contribution < 1.29 is 13.5 Å². The van der Waals surface area contributed by atoms with Gasteiger partial charge in [-0.2, -0.15) is 10.4 Å². The molecule has 0 unspecified atom stereocenters. The van der Waals surface area contributed by atoms with E-state index in [2.05, 4.69) is 51.7 Å². The third-order valence-electron chi connectivity index (χ3n) is 5.18. The fraction of sp³-hybridized carbons (Fsp3) is 0.261. The van der Waals surface area contributed by atoms with Crippen LogP contribution in [0, 0.1) is 23.0 Å². The number of benzene rings is 2. The molecule has 5 nitrogen and oxygen atoms in total. The van der Waals surface area contributed by atoms with Gasteiger partial charge in [0.25, 0.3) is 0 Å². The first-order valence-electron chi connectivity index (χ1n) is 10.1. The first kappa shape index (κ1) is 22.5. The lowest BCUT2D eigenvalue weighted by molar-refractivity contribution is 0.0816. The second kappa shape index (κ2) is 8.69. The molecule has 0 fully saturated rings. The molecule has 4 aromatic rings. The van der Waals surface area contributed by atoms with E-state index in [1.807, 2.05) is 0 Å². The van der Waals surface area contributed by atoms with E-state index < -0.39 is 19.7 Å². The van der Waals surface area contributed by atoms with Gasteiger partial charge in [-0.15, -0.1) is 0 Å². The Kier molecular flexibility index (Phi) is 6.12. The fourth-order valence-corrected chi connectivity index (χ4v) is 4.74. The molecular weight excluding hydrogens is 494 g/mol. The van der Waals surface area contributed by atoms with Gasteiger partial charge in [0.15, 0.2) is 4.60 Å². The molecule has 164 valence electrons. The highest BCUT2D eigenvalue weighted by atomic mass is 79.9. The molecule has 0 saturated heterocycles. The van der Waals surface area contributed by atoms with E-state index >= 15 is 0 Å². The van der Waals surface area contributed by atoms with Crippen LogP contribution in [-0.4, -0.2) is 29.4 Å². The zero-order valence-electron chi connectivity index (χ0n) is 17.9. The molecule has 0 radical (unpaired) electrons. The number of halogens is 3. The van der Waals surface area contributed by atoms with E-state index in [0.717, 1.165) is 6.04 Å². The summed E-state index contributed by atoms with van der Waals surface area (Å²) in [6.45, 7) is 7.69. The van der Waals surface area contributed by atoms with Crippen LogP contribution >= 0.6 is 15.9 Å². The Labute approximate surface area is 193 Å². The minimum atomic E-state index is -1.23. The van der Waals surface area contributed by atoms with Crippen molar-refractivity contribution >= 4 is 45.8 Å². The number of rotatable bonds is 6. The highest BCUT2D eigenvalue weighted by molar-refractivity contribution is 9.10. The third-order valence-corrected chi connectivity index (χ3v) is 7.42. The van der Waals surface area contributed by atoms with Crippen molar-refractivity contribution in [3.8, 4) is 17.3 Å². The molecule has 0 aliphatic rings. The first-order chi connectivity index (χ1) is 15.2. The molecule has 0 amide bonds. The van der Waals surface area contributed by atoms with E-state index in [9.17, 15) is 14.0 Å². The van der Waals surface area contributed by atoms with E-state index in [-0.39, 0.29) is 18.0 Å². The topological polar surface area (TPSA) is 63.7 Å². The van der Waals surface area contributed by atoms with Gasteiger partial charge >= 0.3 is 0 Å². The van der Waals surface area contributed by atoms with Gasteiger partial charge in [-0.25, -0.2) is 18.4 Å². The monoisotopic (exact) mass is 514 g/mol. The molecule has 2 aromatic carbocycles. The SMILES string of the molecule is C[Si](C)(C)CCOCn1nc(Br)c2nc(-c3c(F)cccc3F)c3cc(C#N)ccc3c21. The van der Waals surface area contributed by atoms with Crippen molar-refractivity contribution in [1.82, 2.24) is 14.8 Å². The van der Waals surface area contributed by atoms with Gasteiger partial charge in [-0.1, -0.05) is 31.8 Å². The molecule has 32 heavy (non-hydrogen) atoms. The van der Waals surface area contributed by atoms with Gasteiger partial charge in [-0.05, 0) is 46.2 Å². The van der Waals surface area contributed by atoms with Gasteiger partial charge in [0.05, 0.1) is 28.4 Å². The molecule has 2 heterocycles. The lowest BCUT2D eigenvalue weighted by Gasteiger charge is -2.16. The summed E-state index contributed by atoms with van der Waals surface area (Å²) in [5.74, 6) is -1.45. The average Bonchev–Trinajstić information content (AvgIpc) is 3.05. The molecule has 0 N–H and O–H groups in total. The predicted molar refractivity (Wildman–Crippen MR) is 127 cm³/mol. The Morgan fingerprint density at radius 1 is 1.12 bits per heavy atom.